The van der Waals surface area contributed by atoms with Gasteiger partial charge in [0.2, 0.25) is 0 Å². The summed E-state index contributed by atoms with van der Waals surface area (Å²) in [5.74, 6) is 0. The summed E-state index contributed by atoms with van der Waals surface area (Å²) in [5, 5.41) is 11.0. The zero-order valence-electron chi connectivity index (χ0n) is 13.1. The normalized spacial score (nSPS) is 19.7. The van der Waals surface area contributed by atoms with E-state index in [9.17, 15) is 5.11 Å². The zero-order chi connectivity index (χ0) is 15.4. The highest BCUT2D eigenvalue weighted by Gasteiger charge is 2.30. The van der Waals surface area contributed by atoms with Gasteiger partial charge in [0.1, 0.15) is 0 Å². The molecule has 0 aromatic heterocycles. The Labute approximate surface area is 132 Å². The fourth-order valence-electron chi connectivity index (χ4n) is 3.18. The third kappa shape index (κ3) is 3.38. The molecule has 0 amide bonds. The molecule has 1 N–H and O–H groups in total. The summed E-state index contributed by atoms with van der Waals surface area (Å²) in [6.45, 7) is 4.07. The van der Waals surface area contributed by atoms with Crippen LogP contribution >= 0.6 is 0 Å². The lowest BCUT2D eigenvalue weighted by Crippen LogP contribution is -2.47. The number of piperazine rings is 1. The monoisotopic (exact) mass is 296 g/mol. The topological polar surface area (TPSA) is 26.7 Å². The van der Waals surface area contributed by atoms with E-state index in [4.69, 9.17) is 0 Å². The van der Waals surface area contributed by atoms with E-state index >= 15 is 0 Å². The SMILES string of the molecule is CN1CCN([C@H](c2ccccc2)[C@@H](O)c2ccccc2)CC1. The first-order valence-electron chi connectivity index (χ1n) is 7.96. The van der Waals surface area contributed by atoms with E-state index in [2.05, 4.69) is 41.1 Å². The molecule has 1 saturated heterocycles. The van der Waals surface area contributed by atoms with Gasteiger partial charge in [-0.2, -0.15) is 0 Å². The van der Waals surface area contributed by atoms with Crippen molar-refractivity contribution in [3.63, 3.8) is 0 Å². The van der Waals surface area contributed by atoms with Crippen LogP contribution in [0, 0.1) is 0 Å². The van der Waals surface area contributed by atoms with Crippen LogP contribution in [0.3, 0.4) is 0 Å². The molecule has 0 aliphatic carbocycles. The van der Waals surface area contributed by atoms with Gasteiger partial charge in [-0.25, -0.2) is 0 Å². The van der Waals surface area contributed by atoms with Gasteiger partial charge in [-0.1, -0.05) is 60.7 Å². The van der Waals surface area contributed by atoms with Gasteiger partial charge < -0.3 is 10.0 Å². The van der Waals surface area contributed by atoms with Crippen molar-refractivity contribution >= 4 is 0 Å². The molecule has 1 heterocycles. The van der Waals surface area contributed by atoms with Crippen molar-refractivity contribution in [1.29, 1.82) is 0 Å². The van der Waals surface area contributed by atoms with Crippen LogP contribution in [0.4, 0.5) is 0 Å². The lowest BCUT2D eigenvalue weighted by atomic mass is 9.94. The highest BCUT2D eigenvalue weighted by atomic mass is 16.3. The number of hydrogen-bond donors (Lipinski definition) is 1. The van der Waals surface area contributed by atoms with Crippen LogP contribution in [-0.4, -0.2) is 48.1 Å². The van der Waals surface area contributed by atoms with Gasteiger partial charge in [0.05, 0.1) is 12.1 Å². The third-order valence-electron chi connectivity index (χ3n) is 4.51. The van der Waals surface area contributed by atoms with Crippen LogP contribution in [0.25, 0.3) is 0 Å². The Morgan fingerprint density at radius 2 is 1.27 bits per heavy atom. The van der Waals surface area contributed by atoms with E-state index in [0.29, 0.717) is 0 Å². The van der Waals surface area contributed by atoms with E-state index in [1.54, 1.807) is 0 Å². The number of benzene rings is 2. The van der Waals surface area contributed by atoms with Crippen molar-refractivity contribution in [2.24, 2.45) is 0 Å². The van der Waals surface area contributed by atoms with Gasteiger partial charge in [-0.3, -0.25) is 4.90 Å². The van der Waals surface area contributed by atoms with Crippen LogP contribution in [0.15, 0.2) is 60.7 Å². The Hall–Kier alpha value is -1.68. The minimum atomic E-state index is -0.507. The summed E-state index contributed by atoms with van der Waals surface area (Å²) >= 11 is 0. The highest BCUT2D eigenvalue weighted by Crippen LogP contribution is 2.34. The Morgan fingerprint density at radius 1 is 0.773 bits per heavy atom. The summed E-state index contributed by atoms with van der Waals surface area (Å²) in [5.41, 5.74) is 2.17. The van der Waals surface area contributed by atoms with Crippen LogP contribution < -0.4 is 0 Å². The average Bonchev–Trinajstić information content (AvgIpc) is 2.58. The Kier molecular flexibility index (Phi) is 4.88. The van der Waals surface area contributed by atoms with Crippen molar-refractivity contribution < 1.29 is 5.11 Å². The van der Waals surface area contributed by atoms with Crippen LogP contribution in [-0.2, 0) is 0 Å². The van der Waals surface area contributed by atoms with Gasteiger partial charge >= 0.3 is 0 Å². The standard InChI is InChI=1S/C19H24N2O/c1-20-12-14-21(15-13-20)18(16-8-4-2-5-9-16)19(22)17-10-6-3-7-11-17/h2-11,18-19,22H,12-15H2,1H3/t18-,19+/m1/s1. The second-order valence-corrected chi connectivity index (χ2v) is 6.05. The van der Waals surface area contributed by atoms with Gasteiger partial charge in [0, 0.05) is 26.2 Å². The fraction of sp³-hybridized carbons (Fsp3) is 0.368. The molecule has 3 rings (SSSR count). The molecule has 0 saturated carbocycles. The number of likely N-dealkylation sites (N-methyl/N-ethyl adjacent to an activating group) is 1. The van der Waals surface area contributed by atoms with Gasteiger partial charge in [0.25, 0.3) is 0 Å². The largest absolute Gasteiger partial charge is 0.386 e. The number of rotatable bonds is 4. The average molecular weight is 296 g/mol. The van der Waals surface area contributed by atoms with Crippen LogP contribution in [0.5, 0.6) is 0 Å². The van der Waals surface area contributed by atoms with Gasteiger partial charge in [-0.15, -0.1) is 0 Å². The van der Waals surface area contributed by atoms with Gasteiger partial charge in [-0.05, 0) is 18.2 Å². The van der Waals surface area contributed by atoms with Crippen molar-refractivity contribution in [1.82, 2.24) is 9.80 Å². The molecule has 116 valence electrons. The summed E-state index contributed by atoms with van der Waals surface area (Å²) in [4.78, 5) is 4.75. The number of hydrogen-bond acceptors (Lipinski definition) is 3. The van der Waals surface area contributed by atoms with Crippen molar-refractivity contribution in [2.45, 2.75) is 12.1 Å². The van der Waals surface area contributed by atoms with Crippen molar-refractivity contribution in [3.05, 3.63) is 71.8 Å². The van der Waals surface area contributed by atoms with E-state index in [0.717, 1.165) is 31.7 Å². The zero-order valence-corrected chi connectivity index (χ0v) is 13.1. The molecule has 0 spiro atoms. The second-order valence-electron chi connectivity index (χ2n) is 6.05. The Balaban J connectivity index is 1.89. The van der Waals surface area contributed by atoms with E-state index < -0.39 is 6.10 Å². The molecule has 1 fully saturated rings. The molecule has 0 radical (unpaired) electrons. The first kappa shape index (κ1) is 15.2. The minimum absolute atomic E-state index is 0.0114. The van der Waals surface area contributed by atoms with Crippen molar-refractivity contribution in [3.8, 4) is 0 Å². The summed E-state index contributed by atoms with van der Waals surface area (Å²) < 4.78 is 0. The molecule has 0 bridgehead atoms. The molecule has 2 atom stereocenters. The molecule has 3 nitrogen and oxygen atoms in total. The summed E-state index contributed by atoms with van der Waals surface area (Å²) in [7, 11) is 2.16. The number of aliphatic hydroxyl groups excluding tert-OH is 1. The maximum absolute atomic E-state index is 11.0. The minimum Gasteiger partial charge on any atom is -0.386 e. The third-order valence-corrected chi connectivity index (χ3v) is 4.51. The number of aliphatic hydroxyl groups is 1. The molecular weight excluding hydrogens is 272 g/mol. The van der Waals surface area contributed by atoms with E-state index in [-0.39, 0.29) is 6.04 Å². The molecule has 0 unspecified atom stereocenters. The first-order valence-corrected chi connectivity index (χ1v) is 7.96. The molecule has 1 aliphatic rings. The molecule has 1 aliphatic heterocycles. The predicted octanol–water partition coefficient (Wildman–Crippen LogP) is 2.71. The summed E-state index contributed by atoms with van der Waals surface area (Å²) in [6.07, 6.45) is -0.507. The quantitative estimate of drug-likeness (QED) is 0.940. The van der Waals surface area contributed by atoms with Gasteiger partial charge in [0.15, 0.2) is 0 Å². The predicted molar refractivity (Wildman–Crippen MR) is 89.7 cm³/mol. The fourth-order valence-corrected chi connectivity index (χ4v) is 3.18. The first-order chi connectivity index (χ1) is 10.8. The lowest BCUT2D eigenvalue weighted by molar-refractivity contribution is 0.0214. The number of nitrogens with zero attached hydrogens (tertiary/aromatic N) is 2. The smallest absolute Gasteiger partial charge is 0.0986 e. The lowest BCUT2D eigenvalue weighted by Gasteiger charge is -2.40. The second kappa shape index (κ2) is 7.05. The van der Waals surface area contributed by atoms with Crippen LogP contribution in [0.1, 0.15) is 23.3 Å². The molecule has 3 heteroatoms. The van der Waals surface area contributed by atoms with E-state index in [1.165, 1.54) is 5.56 Å². The maximum atomic E-state index is 11.0. The molecule has 2 aromatic carbocycles. The highest BCUT2D eigenvalue weighted by molar-refractivity contribution is 5.26. The molecule has 2 aromatic rings. The van der Waals surface area contributed by atoms with Crippen LogP contribution in [0.2, 0.25) is 0 Å². The Bertz CT molecular complexity index is 565. The molecular formula is C19H24N2O. The maximum Gasteiger partial charge on any atom is 0.0986 e. The van der Waals surface area contributed by atoms with Crippen molar-refractivity contribution in [2.75, 3.05) is 33.2 Å². The van der Waals surface area contributed by atoms with E-state index in [1.807, 2.05) is 36.4 Å². The molecule has 22 heavy (non-hydrogen) atoms. The Morgan fingerprint density at radius 3 is 1.82 bits per heavy atom. The summed E-state index contributed by atoms with van der Waals surface area (Å²) in [6, 6.07) is 20.4.